The molecule has 0 atom stereocenters. The van der Waals surface area contributed by atoms with Crippen molar-refractivity contribution in [3.8, 4) is 11.1 Å². The van der Waals surface area contributed by atoms with Gasteiger partial charge in [-0.05, 0) is 30.3 Å². The normalized spacial score (nSPS) is 10.9. The molecule has 3 aromatic rings. The van der Waals surface area contributed by atoms with E-state index < -0.39 is 0 Å². The van der Waals surface area contributed by atoms with Crippen molar-refractivity contribution in [2.75, 3.05) is 13.6 Å². The first-order chi connectivity index (χ1) is 11.3. The molecule has 4 heteroatoms. The molecule has 0 aliphatic heterocycles. The van der Waals surface area contributed by atoms with E-state index in [9.17, 15) is 0 Å². The van der Waals surface area contributed by atoms with Crippen molar-refractivity contribution < 1.29 is 0 Å². The van der Waals surface area contributed by atoms with Gasteiger partial charge in [0.05, 0.1) is 0 Å². The predicted molar refractivity (Wildman–Crippen MR) is 91.7 cm³/mol. The van der Waals surface area contributed by atoms with E-state index in [2.05, 4.69) is 57.2 Å². The quantitative estimate of drug-likeness (QED) is 0.701. The number of nitrogens with zero attached hydrogens (tertiary/aromatic N) is 4. The van der Waals surface area contributed by atoms with Crippen LogP contribution >= 0.6 is 0 Å². The molecule has 4 nitrogen and oxygen atoms in total. The lowest BCUT2D eigenvalue weighted by atomic mass is 10.1. The van der Waals surface area contributed by atoms with E-state index in [4.69, 9.17) is 0 Å². The van der Waals surface area contributed by atoms with Crippen LogP contribution in [0.3, 0.4) is 0 Å². The first kappa shape index (κ1) is 15.3. The fourth-order valence-corrected chi connectivity index (χ4v) is 2.49. The highest BCUT2D eigenvalue weighted by molar-refractivity contribution is 5.61. The minimum absolute atomic E-state index is 0.929. The summed E-state index contributed by atoms with van der Waals surface area (Å²) in [6.45, 7) is 1.92. The second kappa shape index (κ2) is 7.61. The molecule has 0 bridgehead atoms. The Morgan fingerprint density at radius 1 is 0.913 bits per heavy atom. The van der Waals surface area contributed by atoms with Crippen molar-refractivity contribution >= 4 is 0 Å². The fourth-order valence-electron chi connectivity index (χ4n) is 2.49. The first-order valence-corrected chi connectivity index (χ1v) is 7.74. The van der Waals surface area contributed by atoms with E-state index in [1.807, 2.05) is 30.7 Å². The summed E-state index contributed by atoms with van der Waals surface area (Å²) in [5.74, 6) is 0. The predicted octanol–water partition coefficient (Wildman–Crippen LogP) is 3.21. The highest BCUT2D eigenvalue weighted by Gasteiger charge is 2.03. The number of aromatic nitrogens is 3. The van der Waals surface area contributed by atoms with Crippen LogP contribution in [-0.4, -0.2) is 33.4 Å². The smallest absolute Gasteiger partial charge is 0.115 e. The maximum absolute atomic E-state index is 4.36. The van der Waals surface area contributed by atoms with Crippen LogP contribution < -0.4 is 0 Å². The van der Waals surface area contributed by atoms with Gasteiger partial charge in [0.15, 0.2) is 0 Å². The third-order valence-corrected chi connectivity index (χ3v) is 3.78. The molecule has 0 N–H and O–H groups in total. The Morgan fingerprint density at radius 3 is 2.39 bits per heavy atom. The maximum Gasteiger partial charge on any atom is 0.115 e. The van der Waals surface area contributed by atoms with E-state index in [-0.39, 0.29) is 0 Å². The van der Waals surface area contributed by atoms with Crippen molar-refractivity contribution in [3.05, 3.63) is 78.6 Å². The molecule has 0 unspecified atom stereocenters. The van der Waals surface area contributed by atoms with Crippen LogP contribution in [0.2, 0.25) is 0 Å². The van der Waals surface area contributed by atoms with E-state index in [1.54, 1.807) is 6.33 Å². The lowest BCUT2D eigenvalue weighted by Crippen LogP contribution is -2.21. The molecule has 0 fully saturated rings. The van der Waals surface area contributed by atoms with E-state index in [0.717, 1.165) is 36.3 Å². The second-order valence-electron chi connectivity index (χ2n) is 5.63. The molecule has 1 aromatic carbocycles. The maximum atomic E-state index is 4.36. The molecule has 116 valence electrons. The van der Waals surface area contributed by atoms with Gasteiger partial charge in [-0.2, -0.15) is 0 Å². The Morgan fingerprint density at radius 2 is 1.70 bits per heavy atom. The first-order valence-electron chi connectivity index (χ1n) is 7.74. The number of benzene rings is 1. The van der Waals surface area contributed by atoms with E-state index in [1.165, 1.54) is 5.56 Å². The molecule has 23 heavy (non-hydrogen) atoms. The Labute approximate surface area is 136 Å². The number of likely N-dealkylation sites (N-methyl/N-ethyl adjacent to an activating group) is 1. The van der Waals surface area contributed by atoms with Crippen LogP contribution in [0, 0.1) is 0 Å². The average molecular weight is 304 g/mol. The monoisotopic (exact) mass is 304 g/mol. The highest BCUT2D eigenvalue weighted by Crippen LogP contribution is 2.18. The summed E-state index contributed by atoms with van der Waals surface area (Å²) in [6.07, 6.45) is 8.04. The summed E-state index contributed by atoms with van der Waals surface area (Å²) in [7, 11) is 2.14. The molecule has 0 spiro atoms. The average Bonchev–Trinajstić information content (AvgIpc) is 2.62. The molecule has 0 aliphatic carbocycles. The minimum atomic E-state index is 0.929. The van der Waals surface area contributed by atoms with Gasteiger partial charge in [-0.3, -0.25) is 4.98 Å². The van der Waals surface area contributed by atoms with Crippen LogP contribution in [0.1, 0.15) is 11.3 Å². The summed E-state index contributed by atoms with van der Waals surface area (Å²) in [5.41, 5.74) is 4.63. The summed E-state index contributed by atoms with van der Waals surface area (Å²) in [5, 5.41) is 0. The number of rotatable bonds is 6. The van der Waals surface area contributed by atoms with E-state index >= 15 is 0 Å². The lowest BCUT2D eigenvalue weighted by Gasteiger charge is -2.16. The molecule has 2 aromatic heterocycles. The van der Waals surface area contributed by atoms with Gasteiger partial charge in [-0.1, -0.05) is 30.3 Å². The zero-order valence-electron chi connectivity index (χ0n) is 13.3. The zero-order valence-corrected chi connectivity index (χ0v) is 13.3. The van der Waals surface area contributed by atoms with Crippen LogP contribution in [0.15, 0.2) is 67.4 Å². The largest absolute Gasteiger partial charge is 0.302 e. The molecular formula is C19H20N4. The lowest BCUT2D eigenvalue weighted by molar-refractivity contribution is 0.330. The summed E-state index contributed by atoms with van der Waals surface area (Å²) in [6, 6.07) is 14.6. The second-order valence-corrected chi connectivity index (χ2v) is 5.63. The number of hydrogen-bond acceptors (Lipinski definition) is 4. The molecule has 0 saturated heterocycles. The Bertz CT molecular complexity index is 711. The molecule has 2 heterocycles. The van der Waals surface area contributed by atoms with Gasteiger partial charge < -0.3 is 4.90 Å². The van der Waals surface area contributed by atoms with Gasteiger partial charge in [-0.15, -0.1) is 0 Å². The van der Waals surface area contributed by atoms with Crippen molar-refractivity contribution in [1.29, 1.82) is 0 Å². The van der Waals surface area contributed by atoms with Crippen LogP contribution in [0.25, 0.3) is 11.1 Å². The van der Waals surface area contributed by atoms with Gasteiger partial charge in [-0.25, -0.2) is 9.97 Å². The third-order valence-electron chi connectivity index (χ3n) is 3.78. The standard InChI is InChI=1S/C19H20N4/c1-23(11-9-19-4-2-3-10-22-19)14-16-5-7-17(8-6-16)18-12-20-15-21-13-18/h2-8,10,12-13,15H,9,11,14H2,1H3. The van der Waals surface area contributed by atoms with Gasteiger partial charge in [0.25, 0.3) is 0 Å². The van der Waals surface area contributed by atoms with Crippen LogP contribution in [-0.2, 0) is 13.0 Å². The topological polar surface area (TPSA) is 41.9 Å². The minimum Gasteiger partial charge on any atom is -0.302 e. The molecule has 0 saturated carbocycles. The molecule has 3 rings (SSSR count). The van der Waals surface area contributed by atoms with Crippen molar-refractivity contribution in [1.82, 2.24) is 19.9 Å². The summed E-state index contributed by atoms with van der Waals surface area (Å²) >= 11 is 0. The molecule has 0 aliphatic rings. The highest BCUT2D eigenvalue weighted by atomic mass is 15.1. The van der Waals surface area contributed by atoms with Crippen molar-refractivity contribution in [2.45, 2.75) is 13.0 Å². The van der Waals surface area contributed by atoms with Crippen LogP contribution in [0.5, 0.6) is 0 Å². The van der Waals surface area contributed by atoms with Gasteiger partial charge in [0.2, 0.25) is 0 Å². The zero-order chi connectivity index (χ0) is 15.9. The van der Waals surface area contributed by atoms with Crippen LogP contribution in [0.4, 0.5) is 0 Å². The Balaban J connectivity index is 1.55. The Kier molecular flexibility index (Phi) is 5.06. The number of hydrogen-bond donors (Lipinski definition) is 0. The molecular weight excluding hydrogens is 284 g/mol. The fraction of sp³-hybridized carbons (Fsp3) is 0.211. The van der Waals surface area contributed by atoms with Gasteiger partial charge in [0, 0.05) is 49.4 Å². The Hall–Kier alpha value is -2.59. The molecule has 0 amide bonds. The van der Waals surface area contributed by atoms with Crippen molar-refractivity contribution in [3.63, 3.8) is 0 Å². The SMILES string of the molecule is CN(CCc1ccccn1)Cc1ccc(-c2cncnc2)cc1. The number of pyridine rings is 1. The molecule has 0 radical (unpaired) electrons. The van der Waals surface area contributed by atoms with E-state index in [0.29, 0.717) is 0 Å². The van der Waals surface area contributed by atoms with Gasteiger partial charge in [0.1, 0.15) is 6.33 Å². The summed E-state index contributed by atoms with van der Waals surface area (Å²) < 4.78 is 0. The summed E-state index contributed by atoms with van der Waals surface area (Å²) in [4.78, 5) is 14.8. The van der Waals surface area contributed by atoms with Gasteiger partial charge >= 0.3 is 0 Å². The van der Waals surface area contributed by atoms with Crippen molar-refractivity contribution in [2.24, 2.45) is 0 Å². The third kappa shape index (κ3) is 4.44.